The van der Waals surface area contributed by atoms with E-state index in [1.807, 2.05) is 32.2 Å². The van der Waals surface area contributed by atoms with Crippen LogP contribution in [0.2, 0.25) is 0 Å². The van der Waals surface area contributed by atoms with E-state index in [4.69, 9.17) is 0 Å². The number of hydrogen-bond acceptors (Lipinski definition) is 3. The predicted octanol–water partition coefficient (Wildman–Crippen LogP) is 3.44. The standard InChI is InChI=1S/C14H20N4/c1-4-5-8-18-10-12(3)16-14(18)17-13-7-6-11(2)15-9-13/h6-7,9-10H,4-5,8H2,1-3H3,(H,16,17). The van der Waals surface area contributed by atoms with Gasteiger partial charge in [0.2, 0.25) is 5.95 Å². The molecule has 18 heavy (non-hydrogen) atoms. The molecule has 0 atom stereocenters. The van der Waals surface area contributed by atoms with E-state index in [-0.39, 0.29) is 0 Å². The fourth-order valence-corrected chi connectivity index (χ4v) is 1.82. The molecule has 0 amide bonds. The van der Waals surface area contributed by atoms with Gasteiger partial charge >= 0.3 is 0 Å². The van der Waals surface area contributed by atoms with Crippen molar-refractivity contribution in [1.29, 1.82) is 0 Å². The summed E-state index contributed by atoms with van der Waals surface area (Å²) in [5.41, 5.74) is 3.03. The number of nitrogens with zero attached hydrogens (tertiary/aromatic N) is 3. The highest BCUT2D eigenvalue weighted by molar-refractivity contribution is 5.52. The Bertz CT molecular complexity index is 499. The number of nitrogens with one attached hydrogen (secondary N) is 1. The number of imidazole rings is 1. The summed E-state index contributed by atoms with van der Waals surface area (Å²) in [5, 5.41) is 3.32. The highest BCUT2D eigenvalue weighted by Crippen LogP contribution is 2.16. The van der Waals surface area contributed by atoms with Gasteiger partial charge in [0.15, 0.2) is 0 Å². The molecule has 4 heteroatoms. The molecule has 2 aromatic heterocycles. The molecule has 1 N–H and O–H groups in total. The minimum atomic E-state index is 0.895. The molecule has 2 aromatic rings. The Balaban J connectivity index is 2.14. The second-order valence-electron chi connectivity index (χ2n) is 4.57. The summed E-state index contributed by atoms with van der Waals surface area (Å²) >= 11 is 0. The van der Waals surface area contributed by atoms with Crippen LogP contribution in [0.25, 0.3) is 0 Å². The zero-order valence-electron chi connectivity index (χ0n) is 11.3. The first kappa shape index (κ1) is 12.6. The Hall–Kier alpha value is -1.84. The lowest BCUT2D eigenvalue weighted by Crippen LogP contribution is -2.03. The third kappa shape index (κ3) is 3.09. The molecule has 0 fully saturated rings. The van der Waals surface area contributed by atoms with Gasteiger partial charge in [-0.25, -0.2) is 4.98 Å². The van der Waals surface area contributed by atoms with E-state index < -0.39 is 0 Å². The summed E-state index contributed by atoms with van der Waals surface area (Å²) in [4.78, 5) is 8.78. The molecule has 0 spiro atoms. The Morgan fingerprint density at radius 1 is 1.22 bits per heavy atom. The summed E-state index contributed by atoms with van der Waals surface area (Å²) in [6, 6.07) is 4.02. The van der Waals surface area contributed by atoms with Gasteiger partial charge in [-0.3, -0.25) is 4.98 Å². The molecular weight excluding hydrogens is 224 g/mol. The van der Waals surface area contributed by atoms with Crippen molar-refractivity contribution < 1.29 is 0 Å². The Kier molecular flexibility index (Phi) is 3.97. The van der Waals surface area contributed by atoms with Crippen molar-refractivity contribution in [1.82, 2.24) is 14.5 Å². The first-order valence-electron chi connectivity index (χ1n) is 6.42. The van der Waals surface area contributed by atoms with Crippen molar-refractivity contribution >= 4 is 11.6 Å². The number of anilines is 2. The fourth-order valence-electron chi connectivity index (χ4n) is 1.82. The van der Waals surface area contributed by atoms with Crippen molar-refractivity contribution in [2.45, 2.75) is 40.2 Å². The lowest BCUT2D eigenvalue weighted by molar-refractivity contribution is 0.637. The average Bonchev–Trinajstić information content (AvgIpc) is 2.70. The summed E-state index contributed by atoms with van der Waals surface area (Å²) in [5.74, 6) is 0.895. The maximum absolute atomic E-state index is 4.51. The number of pyridine rings is 1. The van der Waals surface area contributed by atoms with Gasteiger partial charge in [0.05, 0.1) is 17.6 Å². The van der Waals surface area contributed by atoms with Gasteiger partial charge in [-0.15, -0.1) is 0 Å². The van der Waals surface area contributed by atoms with Crippen LogP contribution in [0.1, 0.15) is 31.2 Å². The minimum Gasteiger partial charge on any atom is -0.324 e. The average molecular weight is 244 g/mol. The number of unbranched alkanes of at least 4 members (excludes halogenated alkanes) is 1. The molecule has 0 radical (unpaired) electrons. The monoisotopic (exact) mass is 244 g/mol. The Morgan fingerprint density at radius 3 is 2.72 bits per heavy atom. The zero-order valence-corrected chi connectivity index (χ0v) is 11.3. The van der Waals surface area contributed by atoms with Crippen molar-refractivity contribution in [2.24, 2.45) is 0 Å². The highest BCUT2D eigenvalue weighted by atomic mass is 15.2. The van der Waals surface area contributed by atoms with Crippen LogP contribution in [0, 0.1) is 13.8 Å². The van der Waals surface area contributed by atoms with Crippen LogP contribution in [-0.4, -0.2) is 14.5 Å². The second-order valence-corrected chi connectivity index (χ2v) is 4.57. The fraction of sp³-hybridized carbons (Fsp3) is 0.429. The van der Waals surface area contributed by atoms with Crippen LogP contribution in [0.3, 0.4) is 0 Å². The van der Waals surface area contributed by atoms with Crippen molar-refractivity contribution in [2.75, 3.05) is 5.32 Å². The number of rotatable bonds is 5. The summed E-state index contributed by atoms with van der Waals surface area (Å²) in [6.45, 7) is 7.19. The Labute approximate surface area is 108 Å². The van der Waals surface area contributed by atoms with E-state index in [1.165, 1.54) is 6.42 Å². The Morgan fingerprint density at radius 2 is 2.06 bits per heavy atom. The molecule has 0 aliphatic heterocycles. The molecule has 0 saturated carbocycles. The van der Waals surface area contributed by atoms with Crippen LogP contribution in [-0.2, 0) is 6.54 Å². The molecule has 96 valence electrons. The minimum absolute atomic E-state index is 0.895. The SMILES string of the molecule is CCCCn1cc(C)nc1Nc1ccc(C)nc1. The molecule has 0 aliphatic carbocycles. The summed E-state index contributed by atoms with van der Waals surface area (Å²) < 4.78 is 2.17. The lowest BCUT2D eigenvalue weighted by atomic mass is 10.3. The number of aromatic nitrogens is 3. The van der Waals surface area contributed by atoms with Gasteiger partial charge in [-0.1, -0.05) is 13.3 Å². The maximum atomic E-state index is 4.51. The summed E-state index contributed by atoms with van der Waals surface area (Å²) in [7, 11) is 0. The molecule has 4 nitrogen and oxygen atoms in total. The topological polar surface area (TPSA) is 42.7 Å². The van der Waals surface area contributed by atoms with E-state index in [1.54, 1.807) is 0 Å². The van der Waals surface area contributed by atoms with Gasteiger partial charge in [-0.05, 0) is 32.4 Å². The summed E-state index contributed by atoms with van der Waals surface area (Å²) in [6.07, 6.45) is 6.27. The quantitative estimate of drug-likeness (QED) is 0.876. The third-order valence-electron chi connectivity index (χ3n) is 2.82. The predicted molar refractivity (Wildman–Crippen MR) is 74.1 cm³/mol. The van der Waals surface area contributed by atoms with E-state index in [2.05, 4.69) is 33.0 Å². The molecular formula is C14H20N4. The first-order valence-corrected chi connectivity index (χ1v) is 6.42. The van der Waals surface area contributed by atoms with E-state index in [0.29, 0.717) is 0 Å². The van der Waals surface area contributed by atoms with E-state index >= 15 is 0 Å². The molecule has 0 aliphatic rings. The lowest BCUT2D eigenvalue weighted by Gasteiger charge is -2.09. The number of hydrogen-bond donors (Lipinski definition) is 1. The highest BCUT2D eigenvalue weighted by Gasteiger charge is 2.05. The van der Waals surface area contributed by atoms with Crippen LogP contribution >= 0.6 is 0 Å². The van der Waals surface area contributed by atoms with Gasteiger partial charge in [0.1, 0.15) is 0 Å². The molecule has 2 heterocycles. The molecule has 0 saturated heterocycles. The van der Waals surface area contributed by atoms with Crippen molar-refractivity contribution in [3.63, 3.8) is 0 Å². The number of aryl methyl sites for hydroxylation is 3. The van der Waals surface area contributed by atoms with Crippen molar-refractivity contribution in [3.05, 3.63) is 35.9 Å². The third-order valence-corrected chi connectivity index (χ3v) is 2.82. The van der Waals surface area contributed by atoms with Crippen LogP contribution in [0.4, 0.5) is 11.6 Å². The van der Waals surface area contributed by atoms with Gasteiger partial charge in [-0.2, -0.15) is 0 Å². The zero-order chi connectivity index (χ0) is 13.0. The normalized spacial score (nSPS) is 10.6. The van der Waals surface area contributed by atoms with Crippen molar-refractivity contribution in [3.8, 4) is 0 Å². The van der Waals surface area contributed by atoms with Gasteiger partial charge in [0, 0.05) is 18.4 Å². The largest absolute Gasteiger partial charge is 0.324 e. The molecule has 2 rings (SSSR count). The molecule has 0 unspecified atom stereocenters. The molecule has 0 aromatic carbocycles. The maximum Gasteiger partial charge on any atom is 0.207 e. The van der Waals surface area contributed by atoms with E-state index in [9.17, 15) is 0 Å². The van der Waals surface area contributed by atoms with E-state index in [0.717, 1.165) is 36.0 Å². The van der Waals surface area contributed by atoms with Gasteiger partial charge in [0.25, 0.3) is 0 Å². The second kappa shape index (κ2) is 5.67. The van der Waals surface area contributed by atoms with Crippen LogP contribution in [0.5, 0.6) is 0 Å². The van der Waals surface area contributed by atoms with Crippen LogP contribution < -0.4 is 5.32 Å². The first-order chi connectivity index (χ1) is 8.69. The van der Waals surface area contributed by atoms with Gasteiger partial charge < -0.3 is 9.88 Å². The smallest absolute Gasteiger partial charge is 0.207 e. The van der Waals surface area contributed by atoms with Crippen LogP contribution in [0.15, 0.2) is 24.5 Å². The molecule has 0 bridgehead atoms.